The first-order chi connectivity index (χ1) is 7.24. The topological polar surface area (TPSA) is 49.3 Å². The maximum Gasteiger partial charge on any atom is 0.321 e. The van der Waals surface area contributed by atoms with Crippen molar-refractivity contribution in [2.75, 3.05) is 6.54 Å². The molecule has 0 aliphatic carbocycles. The number of carboxylic acids is 1. The lowest BCUT2D eigenvalue weighted by atomic mass is 10.1. The van der Waals surface area contributed by atoms with E-state index in [2.05, 4.69) is 11.2 Å². The Kier molecular flexibility index (Phi) is 4.39. The van der Waals surface area contributed by atoms with Crippen LogP contribution in [0.5, 0.6) is 0 Å². The fraction of sp³-hybridized carbons (Fsp3) is 0.250. The van der Waals surface area contributed by atoms with Crippen molar-refractivity contribution in [1.29, 1.82) is 0 Å². The van der Waals surface area contributed by atoms with E-state index >= 15 is 0 Å². The molecule has 0 radical (unpaired) electrons. The number of hydrogen-bond acceptors (Lipinski definition) is 2. The fourth-order valence-corrected chi connectivity index (χ4v) is 1.28. The van der Waals surface area contributed by atoms with Crippen molar-refractivity contribution >= 4 is 5.97 Å². The fourth-order valence-electron chi connectivity index (χ4n) is 1.28. The Balaban J connectivity index is 2.60. The van der Waals surface area contributed by atoms with Gasteiger partial charge in [0.05, 0.1) is 6.54 Å². The molecular formula is C12H13NO2. The summed E-state index contributed by atoms with van der Waals surface area (Å²) >= 11 is 0. The monoisotopic (exact) mass is 203 g/mol. The smallest absolute Gasteiger partial charge is 0.321 e. The highest BCUT2D eigenvalue weighted by Gasteiger charge is 2.16. The molecule has 0 heterocycles. The predicted molar refractivity (Wildman–Crippen MR) is 58.4 cm³/mol. The minimum atomic E-state index is -0.880. The van der Waals surface area contributed by atoms with Gasteiger partial charge in [-0.05, 0) is 12.0 Å². The van der Waals surface area contributed by atoms with E-state index in [1.165, 1.54) is 0 Å². The highest BCUT2D eigenvalue weighted by atomic mass is 16.4. The van der Waals surface area contributed by atoms with Crippen molar-refractivity contribution in [2.24, 2.45) is 0 Å². The van der Waals surface area contributed by atoms with Crippen LogP contribution >= 0.6 is 0 Å². The van der Waals surface area contributed by atoms with E-state index < -0.39 is 12.0 Å². The van der Waals surface area contributed by atoms with Gasteiger partial charge < -0.3 is 5.11 Å². The van der Waals surface area contributed by atoms with Gasteiger partial charge in [0.15, 0.2) is 0 Å². The quantitative estimate of drug-likeness (QED) is 0.699. The highest BCUT2D eigenvalue weighted by Crippen LogP contribution is 2.03. The number of rotatable bonds is 5. The summed E-state index contributed by atoms with van der Waals surface area (Å²) in [6.07, 6.45) is 5.51. The molecule has 0 fully saturated rings. The number of nitrogens with one attached hydrogen (secondary N) is 1. The molecule has 0 aromatic heterocycles. The zero-order valence-corrected chi connectivity index (χ0v) is 8.31. The molecule has 1 aromatic carbocycles. The van der Waals surface area contributed by atoms with Crippen LogP contribution in [0.25, 0.3) is 0 Å². The van der Waals surface area contributed by atoms with Gasteiger partial charge in [0.1, 0.15) is 6.04 Å². The first kappa shape index (κ1) is 11.3. The summed E-state index contributed by atoms with van der Waals surface area (Å²) in [6, 6.07) is 8.84. The van der Waals surface area contributed by atoms with Crippen molar-refractivity contribution < 1.29 is 9.90 Å². The van der Waals surface area contributed by atoms with E-state index in [1.54, 1.807) is 0 Å². The van der Waals surface area contributed by atoms with Crippen LogP contribution in [0.4, 0.5) is 0 Å². The normalized spacial score (nSPS) is 11.7. The van der Waals surface area contributed by atoms with E-state index in [0.29, 0.717) is 6.42 Å². The minimum Gasteiger partial charge on any atom is -0.480 e. The van der Waals surface area contributed by atoms with Gasteiger partial charge in [-0.25, -0.2) is 0 Å². The standard InChI is InChI=1S/C12H13NO2/c1-2-8-13-11(12(14)15)9-10-6-4-3-5-7-10/h1,3-7,11,13H,8-9H2,(H,14,15)/t11-/m1/s1. The lowest BCUT2D eigenvalue weighted by Crippen LogP contribution is -2.38. The lowest BCUT2D eigenvalue weighted by molar-refractivity contribution is -0.139. The maximum atomic E-state index is 10.9. The molecule has 1 rings (SSSR count). The largest absolute Gasteiger partial charge is 0.480 e. The molecule has 78 valence electrons. The minimum absolute atomic E-state index is 0.268. The summed E-state index contributed by atoms with van der Waals surface area (Å²) in [4.78, 5) is 10.9. The first-order valence-corrected chi connectivity index (χ1v) is 4.67. The Morgan fingerprint density at radius 2 is 2.13 bits per heavy atom. The molecule has 0 bridgehead atoms. The molecule has 0 spiro atoms. The van der Waals surface area contributed by atoms with Crippen LogP contribution < -0.4 is 5.32 Å². The van der Waals surface area contributed by atoms with Gasteiger partial charge in [-0.1, -0.05) is 36.3 Å². The van der Waals surface area contributed by atoms with Crippen LogP contribution in [0.15, 0.2) is 30.3 Å². The van der Waals surface area contributed by atoms with Gasteiger partial charge >= 0.3 is 5.97 Å². The summed E-state index contributed by atoms with van der Waals surface area (Å²) in [5.41, 5.74) is 0.981. The van der Waals surface area contributed by atoms with Gasteiger partial charge in [0.2, 0.25) is 0 Å². The Morgan fingerprint density at radius 1 is 1.47 bits per heavy atom. The maximum absolute atomic E-state index is 10.9. The summed E-state index contributed by atoms with van der Waals surface area (Å²) in [7, 11) is 0. The van der Waals surface area contributed by atoms with Crippen molar-refractivity contribution in [1.82, 2.24) is 5.32 Å². The molecule has 0 aliphatic heterocycles. The summed E-state index contributed by atoms with van der Waals surface area (Å²) in [5.74, 6) is 1.48. The summed E-state index contributed by atoms with van der Waals surface area (Å²) < 4.78 is 0. The number of benzene rings is 1. The average molecular weight is 203 g/mol. The molecule has 0 aliphatic rings. The van der Waals surface area contributed by atoms with E-state index in [4.69, 9.17) is 11.5 Å². The van der Waals surface area contributed by atoms with Gasteiger partial charge in [0, 0.05) is 0 Å². The van der Waals surface area contributed by atoms with Crippen LogP contribution in [-0.2, 0) is 11.2 Å². The first-order valence-electron chi connectivity index (χ1n) is 4.67. The molecule has 1 atom stereocenters. The Hall–Kier alpha value is -1.79. The van der Waals surface area contributed by atoms with Crippen LogP contribution in [0, 0.1) is 12.3 Å². The van der Waals surface area contributed by atoms with Crippen LogP contribution in [0.1, 0.15) is 5.56 Å². The van der Waals surface area contributed by atoms with Crippen molar-refractivity contribution in [3.05, 3.63) is 35.9 Å². The molecule has 0 unspecified atom stereocenters. The van der Waals surface area contributed by atoms with Gasteiger partial charge in [-0.2, -0.15) is 0 Å². The van der Waals surface area contributed by atoms with E-state index in [1.807, 2.05) is 30.3 Å². The second-order valence-electron chi connectivity index (χ2n) is 3.17. The number of aliphatic carboxylic acids is 1. The Labute approximate surface area is 89.1 Å². The third kappa shape index (κ3) is 3.84. The van der Waals surface area contributed by atoms with E-state index in [9.17, 15) is 4.79 Å². The number of hydrogen-bond donors (Lipinski definition) is 2. The molecule has 15 heavy (non-hydrogen) atoms. The Morgan fingerprint density at radius 3 is 2.67 bits per heavy atom. The number of terminal acetylenes is 1. The number of carboxylic acid groups (broad SMARTS) is 1. The molecular weight excluding hydrogens is 190 g/mol. The van der Waals surface area contributed by atoms with E-state index in [0.717, 1.165) is 5.56 Å². The number of carbonyl (C=O) groups is 1. The molecule has 1 aromatic rings. The average Bonchev–Trinajstić information content (AvgIpc) is 2.25. The zero-order valence-electron chi connectivity index (χ0n) is 8.31. The van der Waals surface area contributed by atoms with Gasteiger partial charge in [-0.3, -0.25) is 10.1 Å². The highest BCUT2D eigenvalue weighted by molar-refractivity contribution is 5.73. The molecule has 3 nitrogen and oxygen atoms in total. The van der Waals surface area contributed by atoms with Gasteiger partial charge in [-0.15, -0.1) is 6.42 Å². The zero-order chi connectivity index (χ0) is 11.1. The van der Waals surface area contributed by atoms with Crippen molar-refractivity contribution in [3.63, 3.8) is 0 Å². The third-order valence-electron chi connectivity index (χ3n) is 2.03. The summed E-state index contributed by atoms with van der Waals surface area (Å²) in [5, 5.41) is 11.7. The lowest BCUT2D eigenvalue weighted by Gasteiger charge is -2.12. The SMILES string of the molecule is C#CCN[C@H](Cc1ccccc1)C(=O)O. The molecule has 0 amide bonds. The van der Waals surface area contributed by atoms with Crippen LogP contribution in [0.2, 0.25) is 0 Å². The predicted octanol–water partition coefficient (Wildman–Crippen LogP) is 0.905. The van der Waals surface area contributed by atoms with E-state index in [-0.39, 0.29) is 6.54 Å². The Bertz CT molecular complexity index is 354. The van der Waals surface area contributed by atoms with Gasteiger partial charge in [0.25, 0.3) is 0 Å². The molecule has 3 heteroatoms. The molecule has 0 saturated heterocycles. The van der Waals surface area contributed by atoms with Crippen LogP contribution in [0.3, 0.4) is 0 Å². The second-order valence-corrected chi connectivity index (χ2v) is 3.17. The van der Waals surface area contributed by atoms with Crippen LogP contribution in [-0.4, -0.2) is 23.7 Å². The third-order valence-corrected chi connectivity index (χ3v) is 2.03. The molecule has 0 saturated carbocycles. The molecule has 2 N–H and O–H groups in total. The second kappa shape index (κ2) is 5.84. The van der Waals surface area contributed by atoms with Crippen molar-refractivity contribution in [2.45, 2.75) is 12.5 Å². The van der Waals surface area contributed by atoms with Crippen molar-refractivity contribution in [3.8, 4) is 12.3 Å². The summed E-state index contributed by atoms with van der Waals surface area (Å²) in [6.45, 7) is 0.268.